The van der Waals surface area contributed by atoms with E-state index in [9.17, 15) is 19.7 Å². The van der Waals surface area contributed by atoms with E-state index < -0.39 is 23.2 Å². The third kappa shape index (κ3) is 4.29. The van der Waals surface area contributed by atoms with Crippen LogP contribution in [-0.2, 0) is 16.1 Å². The predicted molar refractivity (Wildman–Crippen MR) is 57.2 cm³/mol. The summed E-state index contributed by atoms with van der Waals surface area (Å²) in [5, 5.41) is 21.1. The first kappa shape index (κ1) is 12.6. The van der Waals surface area contributed by atoms with Gasteiger partial charge in [-0.3, -0.25) is 19.7 Å². The monoisotopic (exact) mass is 238 g/mol. The van der Waals surface area contributed by atoms with Gasteiger partial charge in [-0.25, -0.2) is 0 Å². The normalized spacial score (nSPS) is 9.65. The van der Waals surface area contributed by atoms with E-state index in [1.165, 1.54) is 24.3 Å². The number of carboxylic acid groups (broad SMARTS) is 1. The van der Waals surface area contributed by atoms with Gasteiger partial charge in [0, 0.05) is 18.7 Å². The van der Waals surface area contributed by atoms with Crippen molar-refractivity contribution in [2.24, 2.45) is 0 Å². The van der Waals surface area contributed by atoms with Crippen molar-refractivity contribution in [2.75, 3.05) is 0 Å². The maximum absolute atomic E-state index is 11.0. The second kappa shape index (κ2) is 5.59. The SMILES string of the molecule is O=C(O)CC(=O)NCc1ccc([N+](=O)[O-])cc1. The van der Waals surface area contributed by atoms with E-state index in [-0.39, 0.29) is 12.2 Å². The molecule has 7 nitrogen and oxygen atoms in total. The Balaban J connectivity index is 2.50. The second-order valence-corrected chi connectivity index (χ2v) is 3.27. The van der Waals surface area contributed by atoms with Crippen molar-refractivity contribution in [1.29, 1.82) is 0 Å². The minimum absolute atomic E-state index is 0.0365. The van der Waals surface area contributed by atoms with Crippen LogP contribution in [0.15, 0.2) is 24.3 Å². The summed E-state index contributed by atoms with van der Waals surface area (Å²) in [5.74, 6) is -1.80. The number of carbonyl (C=O) groups excluding carboxylic acids is 1. The number of amides is 1. The smallest absolute Gasteiger partial charge is 0.312 e. The number of carbonyl (C=O) groups is 2. The number of carboxylic acids is 1. The van der Waals surface area contributed by atoms with Crippen LogP contribution in [0.4, 0.5) is 5.69 Å². The molecule has 0 bridgehead atoms. The zero-order valence-electron chi connectivity index (χ0n) is 8.75. The standard InChI is InChI=1S/C10H10N2O5/c13-9(5-10(14)15)11-6-7-1-3-8(4-2-7)12(16)17/h1-4H,5-6H2,(H,11,13)(H,14,15). The molecule has 1 amide bonds. The highest BCUT2D eigenvalue weighted by molar-refractivity contribution is 5.93. The van der Waals surface area contributed by atoms with Crippen molar-refractivity contribution in [3.05, 3.63) is 39.9 Å². The summed E-state index contributed by atoms with van der Waals surface area (Å²) in [6, 6.07) is 5.63. The lowest BCUT2D eigenvalue weighted by molar-refractivity contribution is -0.384. The Morgan fingerprint density at radius 1 is 1.29 bits per heavy atom. The Morgan fingerprint density at radius 3 is 2.35 bits per heavy atom. The van der Waals surface area contributed by atoms with Crippen LogP contribution in [0.25, 0.3) is 0 Å². The Labute approximate surface area is 96.2 Å². The summed E-state index contributed by atoms with van der Waals surface area (Å²) in [7, 11) is 0. The highest BCUT2D eigenvalue weighted by Gasteiger charge is 2.07. The Morgan fingerprint density at radius 2 is 1.88 bits per heavy atom. The van der Waals surface area contributed by atoms with Crippen molar-refractivity contribution < 1.29 is 19.6 Å². The molecule has 2 N–H and O–H groups in total. The first-order chi connectivity index (χ1) is 7.99. The first-order valence-corrected chi connectivity index (χ1v) is 4.71. The average Bonchev–Trinajstić information content (AvgIpc) is 2.26. The number of aliphatic carboxylic acids is 1. The number of hydrogen-bond donors (Lipinski definition) is 2. The fourth-order valence-corrected chi connectivity index (χ4v) is 1.14. The number of nitro groups is 1. The van der Waals surface area contributed by atoms with Crippen molar-refractivity contribution in [3.63, 3.8) is 0 Å². The molecule has 0 radical (unpaired) electrons. The molecule has 0 atom stereocenters. The van der Waals surface area contributed by atoms with Gasteiger partial charge < -0.3 is 10.4 Å². The molecule has 0 aromatic heterocycles. The van der Waals surface area contributed by atoms with Crippen LogP contribution in [0.3, 0.4) is 0 Å². The number of nitrogens with one attached hydrogen (secondary N) is 1. The van der Waals surface area contributed by atoms with Gasteiger partial charge in [-0.2, -0.15) is 0 Å². The lowest BCUT2D eigenvalue weighted by atomic mass is 10.2. The Bertz CT molecular complexity index is 441. The molecular formula is C10H10N2O5. The van der Waals surface area contributed by atoms with Crippen LogP contribution in [0.5, 0.6) is 0 Å². The van der Waals surface area contributed by atoms with E-state index in [1.54, 1.807) is 0 Å². The highest BCUT2D eigenvalue weighted by Crippen LogP contribution is 2.11. The van der Waals surface area contributed by atoms with Crippen LogP contribution in [0, 0.1) is 10.1 Å². The van der Waals surface area contributed by atoms with Gasteiger partial charge in [-0.1, -0.05) is 12.1 Å². The quantitative estimate of drug-likeness (QED) is 0.445. The molecule has 17 heavy (non-hydrogen) atoms. The molecular weight excluding hydrogens is 228 g/mol. The minimum atomic E-state index is -1.20. The lowest BCUT2D eigenvalue weighted by Crippen LogP contribution is -2.24. The van der Waals surface area contributed by atoms with E-state index in [4.69, 9.17) is 5.11 Å². The van der Waals surface area contributed by atoms with Crippen molar-refractivity contribution in [1.82, 2.24) is 5.32 Å². The first-order valence-electron chi connectivity index (χ1n) is 4.71. The summed E-state index contributed by atoms with van der Waals surface area (Å²) in [6.45, 7) is 0.143. The molecule has 0 unspecified atom stereocenters. The zero-order valence-corrected chi connectivity index (χ0v) is 8.75. The van der Waals surface area contributed by atoms with Gasteiger partial charge in [-0.05, 0) is 5.56 Å². The molecule has 0 aliphatic heterocycles. The molecule has 0 saturated carbocycles. The van der Waals surface area contributed by atoms with E-state index in [0.29, 0.717) is 5.56 Å². The van der Waals surface area contributed by atoms with Gasteiger partial charge in [0.2, 0.25) is 5.91 Å². The molecule has 0 spiro atoms. The predicted octanol–water partition coefficient (Wildman–Crippen LogP) is 0.686. The Hall–Kier alpha value is -2.44. The van der Waals surface area contributed by atoms with Gasteiger partial charge in [0.1, 0.15) is 6.42 Å². The van der Waals surface area contributed by atoms with E-state index in [2.05, 4.69) is 5.32 Å². The van der Waals surface area contributed by atoms with Gasteiger partial charge in [-0.15, -0.1) is 0 Å². The average molecular weight is 238 g/mol. The molecule has 0 saturated heterocycles. The zero-order chi connectivity index (χ0) is 12.8. The fourth-order valence-electron chi connectivity index (χ4n) is 1.14. The Kier molecular flexibility index (Phi) is 4.15. The van der Waals surface area contributed by atoms with Crippen LogP contribution in [0.1, 0.15) is 12.0 Å². The molecule has 0 fully saturated rings. The van der Waals surface area contributed by atoms with Gasteiger partial charge >= 0.3 is 5.97 Å². The maximum atomic E-state index is 11.0. The molecule has 0 aliphatic rings. The minimum Gasteiger partial charge on any atom is -0.481 e. The van der Waals surface area contributed by atoms with Crippen LogP contribution < -0.4 is 5.32 Å². The molecule has 1 aromatic carbocycles. The molecule has 0 aliphatic carbocycles. The summed E-state index contributed by atoms with van der Waals surface area (Å²) in [5.41, 5.74) is 0.625. The topological polar surface area (TPSA) is 110 Å². The third-order valence-electron chi connectivity index (χ3n) is 1.95. The van der Waals surface area contributed by atoms with Gasteiger partial charge in [0.25, 0.3) is 5.69 Å². The summed E-state index contributed by atoms with van der Waals surface area (Å²) in [6.07, 6.45) is -0.590. The summed E-state index contributed by atoms with van der Waals surface area (Å²) in [4.78, 5) is 31.1. The van der Waals surface area contributed by atoms with Crippen molar-refractivity contribution >= 4 is 17.6 Å². The largest absolute Gasteiger partial charge is 0.481 e. The fraction of sp³-hybridized carbons (Fsp3) is 0.200. The number of nitro benzene ring substituents is 1. The molecule has 0 heterocycles. The van der Waals surface area contributed by atoms with Crippen LogP contribution >= 0.6 is 0 Å². The molecule has 7 heteroatoms. The number of hydrogen-bond acceptors (Lipinski definition) is 4. The van der Waals surface area contributed by atoms with Crippen molar-refractivity contribution in [3.8, 4) is 0 Å². The van der Waals surface area contributed by atoms with E-state index in [1.807, 2.05) is 0 Å². The van der Waals surface area contributed by atoms with E-state index >= 15 is 0 Å². The second-order valence-electron chi connectivity index (χ2n) is 3.27. The van der Waals surface area contributed by atoms with Crippen molar-refractivity contribution in [2.45, 2.75) is 13.0 Å². The van der Waals surface area contributed by atoms with Gasteiger partial charge in [0.15, 0.2) is 0 Å². The molecule has 1 rings (SSSR count). The molecule has 1 aromatic rings. The van der Waals surface area contributed by atoms with Gasteiger partial charge in [0.05, 0.1) is 4.92 Å². The number of nitrogens with zero attached hydrogens (tertiary/aromatic N) is 1. The maximum Gasteiger partial charge on any atom is 0.312 e. The number of benzene rings is 1. The number of non-ortho nitro benzene ring substituents is 1. The third-order valence-corrected chi connectivity index (χ3v) is 1.95. The van der Waals surface area contributed by atoms with Crippen LogP contribution in [-0.4, -0.2) is 21.9 Å². The van der Waals surface area contributed by atoms with Crippen LogP contribution in [0.2, 0.25) is 0 Å². The highest BCUT2D eigenvalue weighted by atomic mass is 16.6. The summed E-state index contributed by atoms with van der Waals surface area (Å²) >= 11 is 0. The molecule has 90 valence electrons. The van der Waals surface area contributed by atoms with E-state index in [0.717, 1.165) is 0 Å². The number of rotatable bonds is 5. The summed E-state index contributed by atoms with van der Waals surface area (Å²) < 4.78 is 0. The lowest BCUT2D eigenvalue weighted by Gasteiger charge is -2.03.